The van der Waals surface area contributed by atoms with Gasteiger partial charge in [-0.15, -0.1) is 0 Å². The van der Waals surface area contributed by atoms with Crippen molar-refractivity contribution in [3.63, 3.8) is 0 Å². The van der Waals surface area contributed by atoms with Gasteiger partial charge in [0.25, 0.3) is 0 Å². The maximum absolute atomic E-state index is 13.9. The monoisotopic (exact) mass is 288 g/mol. The quantitative estimate of drug-likeness (QED) is 0.777. The van der Waals surface area contributed by atoms with Gasteiger partial charge in [0.05, 0.1) is 6.54 Å². The largest absolute Gasteiger partial charge is 0.343 e. The van der Waals surface area contributed by atoms with Crippen molar-refractivity contribution in [1.82, 2.24) is 4.57 Å². The highest BCUT2D eigenvalue weighted by Gasteiger charge is 2.10. The summed E-state index contributed by atoms with van der Waals surface area (Å²) in [6.45, 7) is 0.894. The van der Waals surface area contributed by atoms with Crippen LogP contribution in [0, 0.1) is 5.82 Å². The summed E-state index contributed by atoms with van der Waals surface area (Å²) in [7, 11) is 0. The average Bonchev–Trinajstić information content (AvgIpc) is 2.86. The molecule has 0 radical (unpaired) electrons. The molecule has 0 spiro atoms. The van der Waals surface area contributed by atoms with Crippen molar-refractivity contribution in [3.8, 4) is 0 Å². The Bertz CT molecular complexity index is 744. The highest BCUT2D eigenvalue weighted by Crippen LogP contribution is 2.24. The number of hydrogen-bond acceptors (Lipinski definition) is 1. The first kappa shape index (κ1) is 13.2. The first-order chi connectivity index (χ1) is 9.70. The Morgan fingerprint density at radius 2 is 1.90 bits per heavy atom. The molecule has 0 saturated carbocycles. The minimum absolute atomic E-state index is 0.283. The van der Waals surface area contributed by atoms with Crippen LogP contribution < -0.4 is 5.73 Å². The molecule has 0 saturated heterocycles. The van der Waals surface area contributed by atoms with Gasteiger partial charge >= 0.3 is 0 Å². The number of benzene rings is 2. The molecule has 2 N–H and O–H groups in total. The lowest BCUT2D eigenvalue weighted by molar-refractivity contribution is 0.602. The van der Waals surface area contributed by atoms with E-state index in [-0.39, 0.29) is 5.82 Å². The lowest BCUT2D eigenvalue weighted by Crippen LogP contribution is -2.02. The summed E-state index contributed by atoms with van der Waals surface area (Å²) < 4.78 is 15.9. The van der Waals surface area contributed by atoms with Gasteiger partial charge in [-0.25, -0.2) is 4.39 Å². The summed E-state index contributed by atoms with van der Waals surface area (Å²) in [6.07, 6.45) is 1.94. The summed E-state index contributed by atoms with van der Waals surface area (Å²) in [6, 6.07) is 12.7. The van der Waals surface area contributed by atoms with E-state index in [1.165, 1.54) is 6.07 Å². The van der Waals surface area contributed by atoms with Crippen LogP contribution >= 0.6 is 11.6 Å². The van der Waals surface area contributed by atoms with Crippen molar-refractivity contribution in [2.75, 3.05) is 0 Å². The minimum atomic E-state index is -0.283. The smallest absolute Gasteiger partial charge is 0.129 e. The average molecular weight is 289 g/mol. The molecule has 0 amide bonds. The van der Waals surface area contributed by atoms with Crippen LogP contribution in [0.15, 0.2) is 48.7 Å². The van der Waals surface area contributed by atoms with Crippen LogP contribution in [0.1, 0.15) is 11.1 Å². The fourth-order valence-electron chi connectivity index (χ4n) is 2.46. The van der Waals surface area contributed by atoms with E-state index in [4.69, 9.17) is 17.3 Å². The first-order valence-corrected chi connectivity index (χ1v) is 6.78. The Kier molecular flexibility index (Phi) is 3.47. The van der Waals surface area contributed by atoms with Crippen LogP contribution in [0.3, 0.4) is 0 Å². The van der Waals surface area contributed by atoms with Crippen molar-refractivity contribution in [2.45, 2.75) is 13.1 Å². The van der Waals surface area contributed by atoms with Crippen LogP contribution in [-0.4, -0.2) is 4.57 Å². The normalized spacial score (nSPS) is 11.2. The van der Waals surface area contributed by atoms with Gasteiger partial charge in [0.2, 0.25) is 0 Å². The summed E-state index contributed by atoms with van der Waals surface area (Å²) in [5.74, 6) is -0.283. The number of aromatic nitrogens is 1. The van der Waals surface area contributed by atoms with Gasteiger partial charge in [0.1, 0.15) is 5.82 Å². The molecule has 0 unspecified atom stereocenters. The maximum atomic E-state index is 13.9. The van der Waals surface area contributed by atoms with E-state index in [1.54, 1.807) is 12.1 Å². The molecule has 0 fully saturated rings. The van der Waals surface area contributed by atoms with E-state index >= 15 is 0 Å². The molecule has 3 rings (SSSR count). The fourth-order valence-corrected chi connectivity index (χ4v) is 2.68. The molecular weight excluding hydrogens is 275 g/mol. The van der Waals surface area contributed by atoms with Crippen molar-refractivity contribution < 1.29 is 4.39 Å². The Hall–Kier alpha value is -1.84. The van der Waals surface area contributed by atoms with Crippen LogP contribution in [0.4, 0.5) is 4.39 Å². The van der Waals surface area contributed by atoms with Crippen LogP contribution in [0.2, 0.25) is 5.02 Å². The molecule has 0 aliphatic carbocycles. The number of nitrogens with zero attached hydrogens (tertiary/aromatic N) is 1. The van der Waals surface area contributed by atoms with E-state index in [0.717, 1.165) is 16.5 Å². The molecule has 1 aromatic heterocycles. The molecule has 1 heterocycles. The van der Waals surface area contributed by atoms with Gasteiger partial charge in [-0.1, -0.05) is 29.8 Å². The summed E-state index contributed by atoms with van der Waals surface area (Å²) >= 11 is 6.08. The molecule has 2 nitrogen and oxygen atoms in total. The zero-order valence-electron chi connectivity index (χ0n) is 10.8. The molecule has 4 heteroatoms. The standard InChI is InChI=1S/C16H14ClFN2/c17-14-4-2-5-15(18)13(14)10-20-8-7-12-11(9-19)3-1-6-16(12)20/h1-8H,9-10,19H2. The van der Waals surface area contributed by atoms with E-state index in [2.05, 4.69) is 0 Å². The minimum Gasteiger partial charge on any atom is -0.343 e. The van der Waals surface area contributed by atoms with E-state index in [9.17, 15) is 4.39 Å². The van der Waals surface area contributed by atoms with Crippen LogP contribution in [0.25, 0.3) is 10.9 Å². The molecule has 102 valence electrons. The summed E-state index contributed by atoms with van der Waals surface area (Å²) in [5, 5.41) is 1.55. The molecule has 0 bridgehead atoms. The molecular formula is C16H14ClFN2. The van der Waals surface area contributed by atoms with E-state index in [1.807, 2.05) is 35.0 Å². The van der Waals surface area contributed by atoms with Crippen molar-refractivity contribution in [2.24, 2.45) is 5.73 Å². The Morgan fingerprint density at radius 1 is 1.10 bits per heavy atom. The second-order valence-electron chi connectivity index (χ2n) is 4.70. The highest BCUT2D eigenvalue weighted by atomic mass is 35.5. The van der Waals surface area contributed by atoms with Crippen LogP contribution in [-0.2, 0) is 13.1 Å². The number of hydrogen-bond donors (Lipinski definition) is 1. The van der Waals surface area contributed by atoms with E-state index in [0.29, 0.717) is 23.7 Å². The Morgan fingerprint density at radius 3 is 2.65 bits per heavy atom. The zero-order valence-corrected chi connectivity index (χ0v) is 11.6. The number of fused-ring (bicyclic) bond motifs is 1. The summed E-state index contributed by atoms with van der Waals surface area (Å²) in [4.78, 5) is 0. The van der Waals surface area contributed by atoms with E-state index < -0.39 is 0 Å². The predicted octanol–water partition coefficient (Wildman–Crippen LogP) is 3.94. The molecule has 2 aromatic carbocycles. The lowest BCUT2D eigenvalue weighted by atomic mass is 10.1. The highest BCUT2D eigenvalue weighted by molar-refractivity contribution is 6.31. The maximum Gasteiger partial charge on any atom is 0.129 e. The summed E-state index contributed by atoms with van der Waals surface area (Å²) in [5.41, 5.74) is 8.36. The molecule has 0 aliphatic heterocycles. The molecule has 0 atom stereocenters. The SMILES string of the molecule is NCc1cccc2c1ccn2Cc1c(F)cccc1Cl. The zero-order chi connectivity index (χ0) is 14.1. The Balaban J connectivity index is 2.08. The van der Waals surface area contributed by atoms with Gasteiger partial charge in [-0.05, 0) is 29.8 Å². The van der Waals surface area contributed by atoms with Crippen molar-refractivity contribution in [3.05, 3.63) is 70.6 Å². The molecule has 20 heavy (non-hydrogen) atoms. The lowest BCUT2D eigenvalue weighted by Gasteiger charge is -2.09. The van der Waals surface area contributed by atoms with Gasteiger partial charge < -0.3 is 10.3 Å². The Labute approximate surface area is 121 Å². The van der Waals surface area contributed by atoms with Gasteiger partial charge in [0, 0.05) is 34.2 Å². The third kappa shape index (κ3) is 2.19. The molecule has 0 aliphatic rings. The number of halogens is 2. The fraction of sp³-hybridized carbons (Fsp3) is 0.125. The predicted molar refractivity (Wildman–Crippen MR) is 80.3 cm³/mol. The number of rotatable bonds is 3. The van der Waals surface area contributed by atoms with Crippen molar-refractivity contribution >= 4 is 22.5 Å². The van der Waals surface area contributed by atoms with Gasteiger partial charge in [0.15, 0.2) is 0 Å². The first-order valence-electron chi connectivity index (χ1n) is 6.40. The van der Waals surface area contributed by atoms with Crippen molar-refractivity contribution in [1.29, 1.82) is 0 Å². The third-order valence-corrected chi connectivity index (χ3v) is 3.87. The topological polar surface area (TPSA) is 30.9 Å². The van der Waals surface area contributed by atoms with Gasteiger partial charge in [-0.2, -0.15) is 0 Å². The second kappa shape index (κ2) is 5.27. The number of nitrogens with two attached hydrogens (primary N) is 1. The van der Waals surface area contributed by atoms with Crippen LogP contribution in [0.5, 0.6) is 0 Å². The van der Waals surface area contributed by atoms with Gasteiger partial charge in [-0.3, -0.25) is 0 Å². The second-order valence-corrected chi connectivity index (χ2v) is 5.11. The molecule has 3 aromatic rings. The third-order valence-electron chi connectivity index (χ3n) is 3.51.